The highest BCUT2D eigenvalue weighted by Gasteiger charge is 2.39. The number of rotatable bonds is 9. The van der Waals surface area contributed by atoms with Crippen LogP contribution in [0.1, 0.15) is 90.3 Å². The molecule has 1 fully saturated rings. The van der Waals surface area contributed by atoms with E-state index < -0.39 is 35.6 Å². The number of nitrogens with zero attached hydrogens (tertiary/aromatic N) is 2. The van der Waals surface area contributed by atoms with Crippen molar-refractivity contribution in [3.8, 4) is 18.4 Å². The summed E-state index contributed by atoms with van der Waals surface area (Å²) in [4.78, 5) is 41.7. The monoisotopic (exact) mass is 508 g/mol. The summed E-state index contributed by atoms with van der Waals surface area (Å²) >= 11 is 0. The lowest BCUT2D eigenvalue weighted by atomic mass is 9.92. The fourth-order valence-corrected chi connectivity index (χ4v) is 4.51. The Balaban J connectivity index is 2.51. The number of nitrogens with one attached hydrogen (secondary N) is 2. The fourth-order valence-electron chi connectivity index (χ4n) is 4.51. The zero-order valence-corrected chi connectivity index (χ0v) is 22.7. The third kappa shape index (κ3) is 8.53. The summed E-state index contributed by atoms with van der Waals surface area (Å²) in [7, 11) is 0. The van der Waals surface area contributed by atoms with E-state index in [4.69, 9.17) is 11.2 Å². The minimum absolute atomic E-state index is 0.00830. The molecule has 0 aromatic heterocycles. The van der Waals surface area contributed by atoms with E-state index in [2.05, 4.69) is 16.6 Å². The third-order valence-corrected chi connectivity index (χ3v) is 6.60. The van der Waals surface area contributed by atoms with E-state index in [0.29, 0.717) is 17.5 Å². The molecule has 1 aliphatic rings. The molecule has 200 valence electrons. The first-order chi connectivity index (χ1) is 17.5. The second kappa shape index (κ2) is 13.7. The number of amides is 3. The minimum atomic E-state index is -1.13. The van der Waals surface area contributed by atoms with Crippen LogP contribution in [0.4, 0.5) is 4.79 Å². The number of nitriles is 1. The molecular weight excluding hydrogens is 468 g/mol. The fraction of sp³-hybridized carbons (Fsp3) is 0.586. The molecule has 1 aromatic carbocycles. The van der Waals surface area contributed by atoms with Gasteiger partial charge in [0.15, 0.2) is 0 Å². The zero-order chi connectivity index (χ0) is 27.6. The number of terminal acetylenes is 1. The maximum absolute atomic E-state index is 14.0. The molecule has 2 rings (SSSR count). The molecule has 0 heterocycles. The van der Waals surface area contributed by atoms with Crippen molar-refractivity contribution in [2.75, 3.05) is 6.54 Å². The van der Waals surface area contributed by atoms with E-state index in [9.17, 15) is 19.6 Å². The van der Waals surface area contributed by atoms with Gasteiger partial charge in [0.25, 0.3) is 0 Å². The van der Waals surface area contributed by atoms with E-state index in [1.54, 1.807) is 45.0 Å². The van der Waals surface area contributed by atoms with E-state index in [1.807, 2.05) is 19.9 Å². The van der Waals surface area contributed by atoms with E-state index >= 15 is 0 Å². The Kier molecular flexibility index (Phi) is 11.0. The first kappa shape index (κ1) is 29.7. The second-order valence-corrected chi connectivity index (χ2v) is 10.6. The van der Waals surface area contributed by atoms with Crippen LogP contribution in [0.25, 0.3) is 0 Å². The Labute approximate surface area is 221 Å². The summed E-state index contributed by atoms with van der Waals surface area (Å²) in [5, 5.41) is 15.5. The van der Waals surface area contributed by atoms with Crippen LogP contribution in [0.5, 0.6) is 0 Å². The Morgan fingerprint density at radius 2 is 1.84 bits per heavy atom. The van der Waals surface area contributed by atoms with Gasteiger partial charge in [-0.2, -0.15) is 5.26 Å². The molecule has 0 aliphatic heterocycles. The van der Waals surface area contributed by atoms with Crippen molar-refractivity contribution in [3.05, 3.63) is 35.4 Å². The van der Waals surface area contributed by atoms with Gasteiger partial charge in [-0.05, 0) is 51.2 Å². The molecule has 1 saturated carbocycles. The van der Waals surface area contributed by atoms with E-state index in [-0.39, 0.29) is 18.5 Å². The van der Waals surface area contributed by atoms with Gasteiger partial charge in [0, 0.05) is 11.6 Å². The van der Waals surface area contributed by atoms with Crippen molar-refractivity contribution < 1.29 is 19.1 Å². The average molecular weight is 509 g/mol. The highest BCUT2D eigenvalue weighted by atomic mass is 16.6. The maximum Gasteiger partial charge on any atom is 0.408 e. The zero-order valence-electron chi connectivity index (χ0n) is 22.7. The molecule has 0 spiro atoms. The summed E-state index contributed by atoms with van der Waals surface area (Å²) in [5.41, 5.74) is 0.164. The minimum Gasteiger partial charge on any atom is -0.444 e. The number of hydrogen-bond acceptors (Lipinski definition) is 5. The van der Waals surface area contributed by atoms with Crippen LogP contribution in [0.15, 0.2) is 24.3 Å². The van der Waals surface area contributed by atoms with Crippen LogP contribution in [-0.4, -0.2) is 47.0 Å². The number of alkyl carbamates (subject to hydrolysis) is 1. The van der Waals surface area contributed by atoms with E-state index in [1.165, 1.54) is 4.90 Å². The Morgan fingerprint density at radius 1 is 1.19 bits per heavy atom. The van der Waals surface area contributed by atoms with Crippen molar-refractivity contribution in [3.63, 3.8) is 0 Å². The van der Waals surface area contributed by atoms with Gasteiger partial charge >= 0.3 is 6.09 Å². The Bertz CT molecular complexity index is 1030. The largest absolute Gasteiger partial charge is 0.444 e. The molecule has 8 heteroatoms. The van der Waals surface area contributed by atoms with Crippen LogP contribution in [-0.2, 0) is 14.3 Å². The van der Waals surface area contributed by atoms with E-state index in [0.717, 1.165) is 32.1 Å². The lowest BCUT2D eigenvalue weighted by Crippen LogP contribution is -2.56. The van der Waals surface area contributed by atoms with Gasteiger partial charge in [-0.15, -0.1) is 6.42 Å². The summed E-state index contributed by atoms with van der Waals surface area (Å²) in [6.07, 6.45) is 10.5. The molecule has 0 saturated heterocycles. The summed E-state index contributed by atoms with van der Waals surface area (Å²) in [6, 6.07) is 6.80. The normalized spacial score (nSPS) is 16.3. The van der Waals surface area contributed by atoms with Crippen LogP contribution < -0.4 is 10.6 Å². The molecule has 1 aromatic rings. The summed E-state index contributed by atoms with van der Waals surface area (Å²) in [6.45, 7) is 8.57. The number of hydrogen-bond donors (Lipinski definition) is 2. The standard InChI is InChI=1S/C29H40N4O4/c1-7-20(3)24(32-28(36)37-29(4,5)6)27(35)33(19-18-30)25(23-17-13-12-14-21(23)8-2)26(34)31-22-15-10-9-11-16-22/h2,12-14,17,20,22,24-25H,7,9-11,15-16,19H2,1,3-6H3,(H,31,34)(H,32,36). The van der Waals surface area contributed by atoms with Crippen LogP contribution in [0, 0.1) is 29.6 Å². The first-order valence-corrected chi connectivity index (χ1v) is 13.0. The molecule has 8 nitrogen and oxygen atoms in total. The SMILES string of the molecule is C#Cc1ccccc1C(C(=O)NC1CCCCC1)N(CC#N)C(=O)C(NC(=O)OC(C)(C)C)C(C)CC. The third-order valence-electron chi connectivity index (χ3n) is 6.60. The Hall–Kier alpha value is -3.52. The Morgan fingerprint density at radius 3 is 2.41 bits per heavy atom. The topological polar surface area (TPSA) is 112 Å². The molecule has 2 N–H and O–H groups in total. The highest BCUT2D eigenvalue weighted by Crippen LogP contribution is 2.28. The highest BCUT2D eigenvalue weighted by molar-refractivity contribution is 5.93. The number of carbonyl (C=O) groups excluding carboxylic acids is 3. The van der Waals surface area contributed by atoms with Crippen molar-refractivity contribution in [1.29, 1.82) is 5.26 Å². The van der Waals surface area contributed by atoms with Crippen molar-refractivity contribution >= 4 is 17.9 Å². The van der Waals surface area contributed by atoms with Crippen LogP contribution >= 0.6 is 0 Å². The van der Waals surface area contributed by atoms with Crippen molar-refractivity contribution in [2.24, 2.45) is 5.92 Å². The number of ether oxygens (including phenoxy) is 1. The second-order valence-electron chi connectivity index (χ2n) is 10.6. The summed E-state index contributed by atoms with van der Waals surface area (Å²) < 4.78 is 5.39. The van der Waals surface area contributed by atoms with Crippen LogP contribution in [0.3, 0.4) is 0 Å². The summed E-state index contributed by atoms with van der Waals surface area (Å²) in [5.74, 6) is 1.38. The molecule has 3 atom stereocenters. The molecule has 0 radical (unpaired) electrons. The van der Waals surface area contributed by atoms with Gasteiger partial charge in [0.05, 0.1) is 6.07 Å². The average Bonchev–Trinajstić information content (AvgIpc) is 2.86. The van der Waals surface area contributed by atoms with Gasteiger partial charge < -0.3 is 20.3 Å². The molecule has 1 aliphatic carbocycles. The first-order valence-electron chi connectivity index (χ1n) is 13.0. The number of carbonyl (C=O) groups is 3. The number of benzene rings is 1. The molecule has 3 amide bonds. The maximum atomic E-state index is 14.0. The van der Waals surface area contributed by atoms with Crippen LogP contribution in [0.2, 0.25) is 0 Å². The lowest BCUT2D eigenvalue weighted by molar-refractivity contribution is -0.143. The van der Waals surface area contributed by atoms with Crippen molar-refractivity contribution in [1.82, 2.24) is 15.5 Å². The quantitative estimate of drug-likeness (QED) is 0.378. The molecule has 3 unspecified atom stereocenters. The molecule has 37 heavy (non-hydrogen) atoms. The van der Waals surface area contributed by atoms with Crippen molar-refractivity contribution in [2.45, 2.75) is 96.9 Å². The molecular formula is C29H40N4O4. The predicted molar refractivity (Wildman–Crippen MR) is 142 cm³/mol. The lowest BCUT2D eigenvalue weighted by Gasteiger charge is -2.36. The predicted octanol–water partition coefficient (Wildman–Crippen LogP) is 4.45. The van der Waals surface area contributed by atoms with Gasteiger partial charge in [-0.3, -0.25) is 9.59 Å². The van der Waals surface area contributed by atoms with Gasteiger partial charge in [0.1, 0.15) is 24.2 Å². The molecule has 0 bridgehead atoms. The van der Waals surface area contributed by atoms with Gasteiger partial charge in [-0.25, -0.2) is 4.79 Å². The van der Waals surface area contributed by atoms with Gasteiger partial charge in [0.2, 0.25) is 11.8 Å². The smallest absolute Gasteiger partial charge is 0.408 e. The van der Waals surface area contributed by atoms with Gasteiger partial charge in [-0.1, -0.05) is 63.7 Å².